The zero-order chi connectivity index (χ0) is 22.8. The van der Waals surface area contributed by atoms with Gasteiger partial charge in [0.2, 0.25) is 0 Å². The Morgan fingerprint density at radius 1 is 0.969 bits per heavy atom. The molecule has 32 heavy (non-hydrogen) atoms. The average molecular weight is 440 g/mol. The van der Waals surface area contributed by atoms with E-state index in [4.69, 9.17) is 14.2 Å². The highest BCUT2D eigenvalue weighted by molar-refractivity contribution is 5.96. The van der Waals surface area contributed by atoms with Crippen LogP contribution in [-0.2, 0) is 41.8 Å². The Labute approximate surface area is 187 Å². The van der Waals surface area contributed by atoms with E-state index < -0.39 is 30.4 Å². The average Bonchev–Trinajstić information content (AvgIpc) is 2.83. The van der Waals surface area contributed by atoms with E-state index in [1.54, 1.807) is 0 Å². The van der Waals surface area contributed by atoms with Crippen LogP contribution in [0.25, 0.3) is 0 Å². The fourth-order valence-corrected chi connectivity index (χ4v) is 3.41. The van der Waals surface area contributed by atoms with Crippen LogP contribution in [0.3, 0.4) is 0 Å². The third-order valence-corrected chi connectivity index (χ3v) is 5.16. The zero-order valence-corrected chi connectivity index (χ0v) is 18.0. The topological polar surface area (TPSA) is 91.3 Å². The molecule has 0 bridgehead atoms. The molecule has 0 aromatic heterocycles. The summed E-state index contributed by atoms with van der Waals surface area (Å²) < 4.78 is 22.3. The molecule has 1 aliphatic rings. The minimum atomic E-state index is -1.08. The Hall–Kier alpha value is -2.84. The zero-order valence-electron chi connectivity index (χ0n) is 18.0. The molecular formula is C25H28O7. The smallest absolute Gasteiger partial charge is 0.330 e. The molecule has 1 N–H and O–H groups in total. The number of hydrogen-bond acceptors (Lipinski definition) is 7. The molecule has 1 fully saturated rings. The van der Waals surface area contributed by atoms with Gasteiger partial charge in [0, 0.05) is 12.5 Å². The molecule has 2 aromatic carbocycles. The van der Waals surface area contributed by atoms with Crippen molar-refractivity contribution in [1.82, 2.24) is 0 Å². The van der Waals surface area contributed by atoms with Crippen LogP contribution in [0.1, 0.15) is 17.5 Å². The summed E-state index contributed by atoms with van der Waals surface area (Å²) in [5.74, 6) is -0.980. The number of rotatable bonds is 10. The summed E-state index contributed by atoms with van der Waals surface area (Å²) in [5, 5.41) is 10.9. The van der Waals surface area contributed by atoms with E-state index in [2.05, 4.69) is 4.74 Å². The van der Waals surface area contributed by atoms with Crippen molar-refractivity contribution in [3.63, 3.8) is 0 Å². The van der Waals surface area contributed by atoms with E-state index in [1.807, 2.05) is 60.7 Å². The van der Waals surface area contributed by atoms with Gasteiger partial charge in [-0.3, -0.25) is 4.79 Å². The van der Waals surface area contributed by atoms with Gasteiger partial charge in [-0.2, -0.15) is 0 Å². The minimum absolute atomic E-state index is 0.0920. The first-order chi connectivity index (χ1) is 15.6. The normalized spacial score (nSPS) is 23.2. The first-order valence-corrected chi connectivity index (χ1v) is 10.5. The monoisotopic (exact) mass is 440 g/mol. The highest BCUT2D eigenvalue weighted by atomic mass is 16.6. The molecule has 1 heterocycles. The molecule has 4 atom stereocenters. The van der Waals surface area contributed by atoms with Gasteiger partial charge in [0.05, 0.1) is 33.0 Å². The van der Waals surface area contributed by atoms with Crippen molar-refractivity contribution in [2.24, 2.45) is 0 Å². The molecule has 2 aromatic rings. The maximum atomic E-state index is 12.2. The van der Waals surface area contributed by atoms with Crippen LogP contribution in [0.15, 0.2) is 72.8 Å². The van der Waals surface area contributed by atoms with Crippen LogP contribution >= 0.6 is 0 Å². The van der Waals surface area contributed by atoms with E-state index >= 15 is 0 Å². The molecule has 0 saturated carbocycles. The lowest BCUT2D eigenvalue weighted by atomic mass is 9.95. The number of aliphatic hydroxyl groups excluding tert-OH is 1. The van der Waals surface area contributed by atoms with Crippen LogP contribution < -0.4 is 0 Å². The molecule has 0 unspecified atom stereocenters. The van der Waals surface area contributed by atoms with Crippen LogP contribution in [0, 0.1) is 0 Å². The van der Waals surface area contributed by atoms with Crippen molar-refractivity contribution < 1.29 is 33.6 Å². The van der Waals surface area contributed by atoms with Crippen molar-refractivity contribution in [3.8, 4) is 0 Å². The summed E-state index contributed by atoms with van der Waals surface area (Å²) in [7, 11) is 1.23. The molecule has 7 heteroatoms. The van der Waals surface area contributed by atoms with Gasteiger partial charge in [-0.1, -0.05) is 60.7 Å². The van der Waals surface area contributed by atoms with Gasteiger partial charge < -0.3 is 24.1 Å². The summed E-state index contributed by atoms with van der Waals surface area (Å²) in [6, 6.07) is 19.3. The van der Waals surface area contributed by atoms with Crippen molar-refractivity contribution in [2.75, 3.05) is 13.7 Å². The lowest BCUT2D eigenvalue weighted by Crippen LogP contribution is -2.55. The SMILES string of the molecule is COC(=O)/C=C/C(=O)C[C@@H]1OC[C@H](OCc2ccccc2)[C@H](OCc2ccccc2)[C@H]1O. The van der Waals surface area contributed by atoms with Crippen molar-refractivity contribution in [1.29, 1.82) is 0 Å². The first-order valence-electron chi connectivity index (χ1n) is 10.5. The molecule has 170 valence electrons. The van der Waals surface area contributed by atoms with E-state index in [-0.39, 0.29) is 25.4 Å². The fourth-order valence-electron chi connectivity index (χ4n) is 3.41. The van der Waals surface area contributed by atoms with E-state index in [0.29, 0.717) is 6.61 Å². The molecule has 0 amide bonds. The standard InChI is InChI=1S/C25H28O7/c1-29-23(27)13-12-20(26)14-21-24(28)25(32-16-19-10-6-3-7-11-19)22(17-31-21)30-15-18-8-4-2-5-9-18/h2-13,21-22,24-25,28H,14-17H2,1H3/b13-12+/t21-,22-,24-,25-/m0/s1. The largest absolute Gasteiger partial charge is 0.466 e. The molecule has 3 rings (SSSR count). The number of hydrogen-bond donors (Lipinski definition) is 1. The molecule has 0 radical (unpaired) electrons. The second-order valence-electron chi connectivity index (χ2n) is 7.49. The van der Waals surface area contributed by atoms with Gasteiger partial charge in [0.1, 0.15) is 18.3 Å². The number of methoxy groups -OCH3 is 1. The second kappa shape index (κ2) is 12.3. The number of benzene rings is 2. The summed E-state index contributed by atoms with van der Waals surface area (Å²) in [6.45, 7) is 0.803. The Morgan fingerprint density at radius 2 is 1.56 bits per heavy atom. The van der Waals surface area contributed by atoms with E-state index in [1.165, 1.54) is 7.11 Å². The molecule has 7 nitrogen and oxygen atoms in total. The predicted octanol–water partition coefficient (Wildman–Crippen LogP) is 2.61. The lowest BCUT2D eigenvalue weighted by Gasteiger charge is -2.39. The summed E-state index contributed by atoms with van der Waals surface area (Å²) in [6.07, 6.45) is -0.968. The van der Waals surface area contributed by atoms with Gasteiger partial charge in [0.25, 0.3) is 0 Å². The molecule has 0 aliphatic carbocycles. The van der Waals surface area contributed by atoms with E-state index in [9.17, 15) is 14.7 Å². The summed E-state index contributed by atoms with van der Waals surface area (Å²) >= 11 is 0. The van der Waals surface area contributed by atoms with Crippen LogP contribution in [0.2, 0.25) is 0 Å². The van der Waals surface area contributed by atoms with Gasteiger partial charge in [-0.25, -0.2) is 4.79 Å². The Bertz CT molecular complexity index is 882. The number of carbonyl (C=O) groups excluding carboxylic acids is 2. The highest BCUT2D eigenvalue weighted by Crippen LogP contribution is 2.25. The van der Waals surface area contributed by atoms with Gasteiger partial charge in [-0.15, -0.1) is 0 Å². The molecule has 0 spiro atoms. The van der Waals surface area contributed by atoms with E-state index in [0.717, 1.165) is 23.3 Å². The second-order valence-corrected chi connectivity index (χ2v) is 7.49. The number of allylic oxidation sites excluding steroid dienone is 1. The Balaban J connectivity index is 1.65. The minimum Gasteiger partial charge on any atom is -0.466 e. The number of carbonyl (C=O) groups is 2. The molecular weight excluding hydrogens is 412 g/mol. The number of ether oxygens (including phenoxy) is 4. The number of ketones is 1. The van der Waals surface area contributed by atoms with Crippen molar-refractivity contribution in [3.05, 3.63) is 83.9 Å². The first kappa shape index (κ1) is 23.8. The quantitative estimate of drug-likeness (QED) is 0.449. The number of esters is 1. The van der Waals surface area contributed by atoms with Crippen molar-refractivity contribution >= 4 is 11.8 Å². The molecule has 1 saturated heterocycles. The Kier molecular flexibility index (Phi) is 9.13. The van der Waals surface area contributed by atoms with Gasteiger partial charge >= 0.3 is 5.97 Å². The van der Waals surface area contributed by atoms with Crippen LogP contribution in [0.5, 0.6) is 0 Å². The maximum absolute atomic E-state index is 12.2. The van der Waals surface area contributed by atoms with Gasteiger partial charge in [0.15, 0.2) is 5.78 Å². The third-order valence-electron chi connectivity index (χ3n) is 5.16. The summed E-state index contributed by atoms with van der Waals surface area (Å²) in [4.78, 5) is 23.4. The summed E-state index contributed by atoms with van der Waals surface area (Å²) in [5.41, 5.74) is 1.95. The molecule has 1 aliphatic heterocycles. The van der Waals surface area contributed by atoms with Crippen LogP contribution in [0.4, 0.5) is 0 Å². The van der Waals surface area contributed by atoms with Crippen LogP contribution in [-0.4, -0.2) is 55.0 Å². The number of aliphatic hydroxyl groups is 1. The fraction of sp³-hybridized carbons (Fsp3) is 0.360. The Morgan fingerprint density at radius 3 is 2.16 bits per heavy atom. The van der Waals surface area contributed by atoms with Crippen molar-refractivity contribution in [2.45, 2.75) is 44.1 Å². The third kappa shape index (κ3) is 7.10. The highest BCUT2D eigenvalue weighted by Gasteiger charge is 2.41. The lowest BCUT2D eigenvalue weighted by molar-refractivity contribution is -0.222. The predicted molar refractivity (Wildman–Crippen MR) is 117 cm³/mol. The van der Waals surface area contributed by atoms with Gasteiger partial charge in [-0.05, 0) is 17.2 Å². The maximum Gasteiger partial charge on any atom is 0.330 e.